The quantitative estimate of drug-likeness (QED) is 0.610. The molecule has 1 aromatic carbocycles. The number of likely N-dealkylation sites (N-methyl/N-ethyl adjacent to an activating group) is 1. The van der Waals surface area contributed by atoms with Crippen LogP contribution in [0.5, 0.6) is 5.75 Å². The van der Waals surface area contributed by atoms with Gasteiger partial charge in [-0.15, -0.1) is 10.2 Å². The molecular weight excluding hydrogens is 323 g/mol. The number of aliphatic imine (C=N–C) groups is 1. The first-order valence-corrected chi connectivity index (χ1v) is 8.24. The summed E-state index contributed by atoms with van der Waals surface area (Å²) in [5, 5.41) is 11.4. The fraction of sp³-hybridized carbons (Fsp3) is 0.471. The van der Waals surface area contributed by atoms with E-state index < -0.39 is 0 Å². The molecule has 25 heavy (non-hydrogen) atoms. The third kappa shape index (κ3) is 5.44. The van der Waals surface area contributed by atoms with Gasteiger partial charge in [-0.3, -0.25) is 0 Å². The van der Waals surface area contributed by atoms with Crippen molar-refractivity contribution in [2.24, 2.45) is 12.0 Å². The van der Waals surface area contributed by atoms with Crippen LogP contribution in [0, 0.1) is 12.7 Å². The molecule has 1 aromatic heterocycles. The van der Waals surface area contributed by atoms with E-state index in [1.165, 1.54) is 12.1 Å². The highest BCUT2D eigenvalue weighted by Crippen LogP contribution is 2.10. The molecule has 0 fully saturated rings. The van der Waals surface area contributed by atoms with Crippen LogP contribution in [0.1, 0.15) is 18.6 Å². The van der Waals surface area contributed by atoms with E-state index in [1.54, 1.807) is 12.1 Å². The van der Waals surface area contributed by atoms with Gasteiger partial charge < -0.3 is 19.5 Å². The molecule has 7 nitrogen and oxygen atoms in total. The Kier molecular flexibility index (Phi) is 6.73. The van der Waals surface area contributed by atoms with Crippen molar-refractivity contribution >= 4 is 5.96 Å². The number of aryl methyl sites for hydroxylation is 1. The van der Waals surface area contributed by atoms with Crippen molar-refractivity contribution in [1.82, 2.24) is 25.0 Å². The first-order valence-electron chi connectivity index (χ1n) is 8.24. The van der Waals surface area contributed by atoms with Gasteiger partial charge >= 0.3 is 0 Å². The minimum atomic E-state index is -0.273. The van der Waals surface area contributed by atoms with Crippen LogP contribution in [0.4, 0.5) is 4.39 Å². The van der Waals surface area contributed by atoms with E-state index in [9.17, 15) is 4.39 Å². The smallest absolute Gasteiger partial charge is 0.194 e. The fourth-order valence-corrected chi connectivity index (χ4v) is 2.14. The second-order valence-electron chi connectivity index (χ2n) is 5.62. The van der Waals surface area contributed by atoms with E-state index in [1.807, 2.05) is 37.4 Å². The van der Waals surface area contributed by atoms with E-state index in [-0.39, 0.29) is 5.82 Å². The normalized spacial score (nSPS) is 11.5. The van der Waals surface area contributed by atoms with Crippen molar-refractivity contribution < 1.29 is 9.13 Å². The van der Waals surface area contributed by atoms with Crippen molar-refractivity contribution in [2.75, 3.05) is 26.7 Å². The number of ether oxygens (including phenoxy) is 1. The van der Waals surface area contributed by atoms with Crippen molar-refractivity contribution in [3.8, 4) is 5.75 Å². The molecule has 0 atom stereocenters. The monoisotopic (exact) mass is 348 g/mol. The molecule has 8 heteroatoms. The number of benzene rings is 1. The number of nitrogens with zero attached hydrogens (tertiary/aromatic N) is 5. The van der Waals surface area contributed by atoms with Crippen LogP contribution in [-0.4, -0.2) is 52.4 Å². The number of hydrogen-bond acceptors (Lipinski definition) is 4. The zero-order valence-corrected chi connectivity index (χ0v) is 15.2. The first-order chi connectivity index (χ1) is 12.0. The van der Waals surface area contributed by atoms with Gasteiger partial charge in [-0.25, -0.2) is 9.38 Å². The van der Waals surface area contributed by atoms with Gasteiger partial charge in [0.1, 0.15) is 30.5 Å². The summed E-state index contributed by atoms with van der Waals surface area (Å²) >= 11 is 0. The number of aromatic nitrogens is 3. The molecular formula is C17H25FN6O. The Balaban J connectivity index is 1.90. The van der Waals surface area contributed by atoms with Crippen LogP contribution in [0.2, 0.25) is 0 Å². The molecule has 0 radical (unpaired) electrons. The van der Waals surface area contributed by atoms with Gasteiger partial charge in [-0.1, -0.05) is 0 Å². The van der Waals surface area contributed by atoms with Gasteiger partial charge in [0, 0.05) is 20.6 Å². The highest BCUT2D eigenvalue weighted by Gasteiger charge is 2.08. The molecule has 0 bridgehead atoms. The number of rotatable bonds is 7. The Morgan fingerprint density at radius 1 is 1.32 bits per heavy atom. The van der Waals surface area contributed by atoms with E-state index >= 15 is 0 Å². The van der Waals surface area contributed by atoms with Crippen LogP contribution < -0.4 is 10.1 Å². The summed E-state index contributed by atoms with van der Waals surface area (Å²) < 4.78 is 20.4. The summed E-state index contributed by atoms with van der Waals surface area (Å²) in [5.41, 5.74) is 0. The maximum Gasteiger partial charge on any atom is 0.194 e. The second-order valence-corrected chi connectivity index (χ2v) is 5.62. The van der Waals surface area contributed by atoms with Gasteiger partial charge in [0.25, 0.3) is 0 Å². The molecule has 1 N–H and O–H groups in total. The lowest BCUT2D eigenvalue weighted by molar-refractivity contribution is 0.281. The number of halogens is 1. The van der Waals surface area contributed by atoms with Gasteiger partial charge in [0.2, 0.25) is 0 Å². The first kappa shape index (κ1) is 18.7. The topological polar surface area (TPSA) is 67.6 Å². The van der Waals surface area contributed by atoms with Crippen LogP contribution in [-0.2, 0) is 13.6 Å². The summed E-state index contributed by atoms with van der Waals surface area (Å²) in [6, 6.07) is 6.00. The summed E-state index contributed by atoms with van der Waals surface area (Å²) in [6.45, 7) is 6.24. The molecule has 0 saturated carbocycles. The summed E-state index contributed by atoms with van der Waals surface area (Å²) in [5.74, 6) is 2.81. The van der Waals surface area contributed by atoms with Crippen molar-refractivity contribution in [3.05, 3.63) is 41.7 Å². The van der Waals surface area contributed by atoms with Crippen molar-refractivity contribution in [2.45, 2.75) is 20.4 Å². The Labute approximate surface area is 147 Å². The lowest BCUT2D eigenvalue weighted by atomic mass is 10.3. The number of guanidine groups is 1. The summed E-state index contributed by atoms with van der Waals surface area (Å²) in [4.78, 5) is 6.58. The molecule has 0 aliphatic rings. The van der Waals surface area contributed by atoms with Crippen LogP contribution in [0.3, 0.4) is 0 Å². The van der Waals surface area contributed by atoms with Gasteiger partial charge in [-0.05, 0) is 38.1 Å². The molecule has 1 heterocycles. The molecule has 0 amide bonds. The molecule has 0 aliphatic carbocycles. The Morgan fingerprint density at radius 2 is 2.04 bits per heavy atom. The lowest BCUT2D eigenvalue weighted by Crippen LogP contribution is -2.40. The minimum Gasteiger partial charge on any atom is -0.492 e. The minimum absolute atomic E-state index is 0.273. The molecule has 0 saturated heterocycles. The zero-order valence-electron chi connectivity index (χ0n) is 15.2. The predicted octanol–water partition coefficient (Wildman–Crippen LogP) is 1.74. The average Bonchev–Trinajstić information content (AvgIpc) is 2.92. The third-order valence-electron chi connectivity index (χ3n) is 3.76. The molecule has 136 valence electrons. The van der Waals surface area contributed by atoms with Crippen molar-refractivity contribution in [1.29, 1.82) is 0 Å². The molecule has 0 spiro atoms. The Morgan fingerprint density at radius 3 is 2.64 bits per heavy atom. The second kappa shape index (κ2) is 9.00. The standard InChI is InChI=1S/C17H25FN6O/c1-5-19-17(20-12-16-22-21-13(2)24(16)4)23(3)10-11-25-15-8-6-14(18)7-9-15/h6-9H,5,10-12H2,1-4H3,(H,19,20). The molecule has 2 aromatic rings. The van der Waals surface area contributed by atoms with E-state index in [0.717, 1.165) is 24.2 Å². The zero-order chi connectivity index (χ0) is 18.2. The maximum absolute atomic E-state index is 12.9. The van der Waals surface area contributed by atoms with E-state index in [0.29, 0.717) is 25.4 Å². The highest BCUT2D eigenvalue weighted by atomic mass is 19.1. The van der Waals surface area contributed by atoms with E-state index in [4.69, 9.17) is 4.74 Å². The Hall–Kier alpha value is -2.64. The van der Waals surface area contributed by atoms with Gasteiger partial charge in [0.15, 0.2) is 11.8 Å². The van der Waals surface area contributed by atoms with Crippen LogP contribution in [0.25, 0.3) is 0 Å². The predicted molar refractivity (Wildman–Crippen MR) is 95.1 cm³/mol. The number of nitrogens with one attached hydrogen (secondary N) is 1. The SMILES string of the molecule is CCNC(=NCc1nnc(C)n1C)N(C)CCOc1ccc(F)cc1. The molecule has 0 unspecified atom stereocenters. The molecule has 0 aliphatic heterocycles. The van der Waals surface area contributed by atoms with Crippen LogP contribution in [0.15, 0.2) is 29.3 Å². The third-order valence-corrected chi connectivity index (χ3v) is 3.76. The van der Waals surface area contributed by atoms with Gasteiger partial charge in [0.05, 0.1) is 6.54 Å². The summed E-state index contributed by atoms with van der Waals surface area (Å²) in [7, 11) is 3.87. The lowest BCUT2D eigenvalue weighted by Gasteiger charge is -2.22. The average molecular weight is 348 g/mol. The molecule has 2 rings (SSSR count). The van der Waals surface area contributed by atoms with E-state index in [2.05, 4.69) is 20.5 Å². The fourth-order valence-electron chi connectivity index (χ4n) is 2.14. The number of hydrogen-bond donors (Lipinski definition) is 1. The highest BCUT2D eigenvalue weighted by molar-refractivity contribution is 5.79. The van der Waals surface area contributed by atoms with Crippen molar-refractivity contribution in [3.63, 3.8) is 0 Å². The van der Waals surface area contributed by atoms with Crippen LogP contribution >= 0.6 is 0 Å². The largest absolute Gasteiger partial charge is 0.492 e. The van der Waals surface area contributed by atoms with Gasteiger partial charge in [-0.2, -0.15) is 0 Å². The maximum atomic E-state index is 12.9. The Bertz CT molecular complexity index is 698. The summed E-state index contributed by atoms with van der Waals surface area (Å²) in [6.07, 6.45) is 0.